The van der Waals surface area contributed by atoms with Gasteiger partial charge < -0.3 is 15.0 Å². The molecule has 0 spiro atoms. The standard InChI is InChI=1S/C10H12N4O/c15-10-11-3-4-14(10)7-1-2-8-9(5-7)13-6-12-8/h1-2,5-6,10-11,15H,3-4H2,(H,12,13). The van der Waals surface area contributed by atoms with Crippen LogP contribution in [-0.4, -0.2) is 34.5 Å². The van der Waals surface area contributed by atoms with Crippen molar-refractivity contribution in [1.29, 1.82) is 0 Å². The Kier molecular flexibility index (Phi) is 1.87. The van der Waals surface area contributed by atoms with Gasteiger partial charge in [-0.15, -0.1) is 0 Å². The number of aromatic nitrogens is 2. The maximum atomic E-state index is 9.65. The maximum Gasteiger partial charge on any atom is 0.184 e. The third-order valence-electron chi connectivity index (χ3n) is 2.71. The number of H-pyrrole nitrogens is 1. The Bertz CT molecular complexity index is 481. The molecule has 5 nitrogen and oxygen atoms in total. The Morgan fingerprint density at radius 3 is 3.20 bits per heavy atom. The number of imidazole rings is 1. The summed E-state index contributed by atoms with van der Waals surface area (Å²) >= 11 is 0. The number of anilines is 1. The molecule has 1 aromatic carbocycles. The summed E-state index contributed by atoms with van der Waals surface area (Å²) in [7, 11) is 0. The molecule has 15 heavy (non-hydrogen) atoms. The zero-order valence-electron chi connectivity index (χ0n) is 8.14. The number of hydrogen-bond donors (Lipinski definition) is 3. The van der Waals surface area contributed by atoms with E-state index in [1.165, 1.54) is 0 Å². The number of aliphatic hydroxyl groups excluding tert-OH is 1. The van der Waals surface area contributed by atoms with E-state index in [-0.39, 0.29) is 0 Å². The molecule has 0 saturated carbocycles. The maximum absolute atomic E-state index is 9.65. The van der Waals surface area contributed by atoms with Crippen LogP contribution in [0.5, 0.6) is 0 Å². The van der Waals surface area contributed by atoms with E-state index in [2.05, 4.69) is 15.3 Å². The minimum absolute atomic E-state index is 0.578. The zero-order valence-corrected chi connectivity index (χ0v) is 8.14. The molecular weight excluding hydrogens is 192 g/mol. The van der Waals surface area contributed by atoms with Crippen LogP contribution in [0, 0.1) is 0 Å². The molecule has 1 atom stereocenters. The average Bonchev–Trinajstić information content (AvgIpc) is 2.84. The molecule has 2 heterocycles. The van der Waals surface area contributed by atoms with Crippen molar-refractivity contribution in [2.45, 2.75) is 6.35 Å². The number of rotatable bonds is 1. The molecule has 1 aromatic heterocycles. The van der Waals surface area contributed by atoms with Crippen molar-refractivity contribution in [1.82, 2.24) is 15.3 Å². The van der Waals surface area contributed by atoms with Gasteiger partial charge in [0.15, 0.2) is 6.35 Å². The summed E-state index contributed by atoms with van der Waals surface area (Å²) in [5.41, 5.74) is 2.94. The summed E-state index contributed by atoms with van der Waals surface area (Å²) in [4.78, 5) is 9.13. The SMILES string of the molecule is OC1NCCN1c1ccc2nc[nH]c2c1. The number of aliphatic hydroxyl groups is 1. The fourth-order valence-corrected chi connectivity index (χ4v) is 1.92. The summed E-state index contributed by atoms with van der Waals surface area (Å²) in [5.74, 6) is 0. The van der Waals surface area contributed by atoms with Crippen molar-refractivity contribution in [2.75, 3.05) is 18.0 Å². The highest BCUT2D eigenvalue weighted by Crippen LogP contribution is 2.21. The van der Waals surface area contributed by atoms with Crippen LogP contribution in [-0.2, 0) is 0 Å². The molecule has 0 bridgehead atoms. The Morgan fingerprint density at radius 2 is 2.40 bits per heavy atom. The molecular formula is C10H12N4O. The Hall–Kier alpha value is -1.59. The molecule has 1 aliphatic rings. The number of benzene rings is 1. The van der Waals surface area contributed by atoms with Gasteiger partial charge in [0, 0.05) is 18.8 Å². The first kappa shape index (κ1) is 8.70. The molecule has 1 fully saturated rings. The molecule has 1 unspecified atom stereocenters. The van der Waals surface area contributed by atoms with E-state index < -0.39 is 6.35 Å². The highest BCUT2D eigenvalue weighted by Gasteiger charge is 2.21. The van der Waals surface area contributed by atoms with Crippen LogP contribution in [0.3, 0.4) is 0 Å². The van der Waals surface area contributed by atoms with E-state index in [0.717, 1.165) is 29.8 Å². The second-order valence-electron chi connectivity index (χ2n) is 3.63. The predicted molar refractivity (Wildman–Crippen MR) is 57.4 cm³/mol. The topological polar surface area (TPSA) is 64.2 Å². The van der Waals surface area contributed by atoms with E-state index in [4.69, 9.17) is 0 Å². The average molecular weight is 204 g/mol. The van der Waals surface area contributed by atoms with E-state index >= 15 is 0 Å². The van der Waals surface area contributed by atoms with Crippen LogP contribution >= 0.6 is 0 Å². The number of nitrogens with one attached hydrogen (secondary N) is 2. The van der Waals surface area contributed by atoms with Gasteiger partial charge in [0.2, 0.25) is 0 Å². The lowest BCUT2D eigenvalue weighted by molar-refractivity contribution is 0.163. The van der Waals surface area contributed by atoms with Crippen molar-refractivity contribution in [2.24, 2.45) is 0 Å². The van der Waals surface area contributed by atoms with Gasteiger partial charge in [-0.05, 0) is 18.2 Å². The van der Waals surface area contributed by atoms with E-state index in [0.29, 0.717) is 0 Å². The Balaban J connectivity index is 2.03. The zero-order chi connectivity index (χ0) is 10.3. The molecule has 5 heteroatoms. The van der Waals surface area contributed by atoms with Gasteiger partial charge in [-0.3, -0.25) is 5.32 Å². The molecule has 0 aliphatic carbocycles. The van der Waals surface area contributed by atoms with Crippen LogP contribution in [0.4, 0.5) is 5.69 Å². The second kappa shape index (κ2) is 3.22. The molecule has 0 amide bonds. The normalized spacial score (nSPS) is 21.4. The van der Waals surface area contributed by atoms with Crippen molar-refractivity contribution in [3.05, 3.63) is 24.5 Å². The number of nitrogens with zero attached hydrogens (tertiary/aromatic N) is 2. The van der Waals surface area contributed by atoms with Crippen LogP contribution in [0.2, 0.25) is 0 Å². The van der Waals surface area contributed by atoms with Crippen molar-refractivity contribution < 1.29 is 5.11 Å². The summed E-state index contributed by atoms with van der Waals surface area (Å²) in [6.07, 6.45) is 1.10. The lowest BCUT2D eigenvalue weighted by Crippen LogP contribution is -2.35. The van der Waals surface area contributed by atoms with Crippen LogP contribution in [0.15, 0.2) is 24.5 Å². The summed E-state index contributed by atoms with van der Waals surface area (Å²) in [6, 6.07) is 5.92. The van der Waals surface area contributed by atoms with Crippen LogP contribution in [0.1, 0.15) is 0 Å². The lowest BCUT2D eigenvalue weighted by Gasteiger charge is -2.21. The fourth-order valence-electron chi connectivity index (χ4n) is 1.92. The number of hydrogen-bond acceptors (Lipinski definition) is 4. The van der Waals surface area contributed by atoms with Gasteiger partial charge in [0.05, 0.1) is 17.4 Å². The van der Waals surface area contributed by atoms with Gasteiger partial charge in [-0.1, -0.05) is 0 Å². The van der Waals surface area contributed by atoms with Crippen molar-refractivity contribution in [3.63, 3.8) is 0 Å². The van der Waals surface area contributed by atoms with Crippen molar-refractivity contribution >= 4 is 16.7 Å². The predicted octanol–water partition coefficient (Wildman–Crippen LogP) is 0.248. The third kappa shape index (κ3) is 1.36. The highest BCUT2D eigenvalue weighted by molar-refractivity contribution is 5.79. The molecule has 78 valence electrons. The number of fused-ring (bicyclic) bond motifs is 1. The van der Waals surface area contributed by atoms with E-state index in [9.17, 15) is 5.11 Å². The van der Waals surface area contributed by atoms with Gasteiger partial charge >= 0.3 is 0 Å². The minimum atomic E-state index is -0.578. The summed E-state index contributed by atoms with van der Waals surface area (Å²) in [6.45, 7) is 1.63. The Morgan fingerprint density at radius 1 is 1.47 bits per heavy atom. The quantitative estimate of drug-likeness (QED) is 0.623. The molecule has 3 N–H and O–H groups in total. The molecule has 1 saturated heterocycles. The summed E-state index contributed by atoms with van der Waals surface area (Å²) < 4.78 is 0. The van der Waals surface area contributed by atoms with E-state index in [1.54, 1.807) is 6.33 Å². The van der Waals surface area contributed by atoms with Gasteiger partial charge in [-0.2, -0.15) is 0 Å². The monoisotopic (exact) mass is 204 g/mol. The summed E-state index contributed by atoms with van der Waals surface area (Å²) in [5, 5.41) is 12.6. The fraction of sp³-hybridized carbons (Fsp3) is 0.300. The first-order valence-electron chi connectivity index (χ1n) is 4.96. The molecule has 2 aromatic rings. The Labute approximate surface area is 86.7 Å². The largest absolute Gasteiger partial charge is 0.361 e. The van der Waals surface area contributed by atoms with Gasteiger partial charge in [0.25, 0.3) is 0 Å². The minimum Gasteiger partial charge on any atom is -0.361 e. The van der Waals surface area contributed by atoms with E-state index in [1.807, 2.05) is 23.1 Å². The van der Waals surface area contributed by atoms with Crippen LogP contribution in [0.25, 0.3) is 11.0 Å². The third-order valence-corrected chi connectivity index (χ3v) is 2.71. The molecule has 0 radical (unpaired) electrons. The lowest BCUT2D eigenvalue weighted by atomic mass is 10.2. The van der Waals surface area contributed by atoms with Crippen molar-refractivity contribution in [3.8, 4) is 0 Å². The smallest absolute Gasteiger partial charge is 0.184 e. The second-order valence-corrected chi connectivity index (χ2v) is 3.63. The molecule has 3 rings (SSSR count). The van der Waals surface area contributed by atoms with Crippen LogP contribution < -0.4 is 10.2 Å². The first-order valence-corrected chi connectivity index (χ1v) is 4.96. The van der Waals surface area contributed by atoms with Gasteiger partial charge in [-0.25, -0.2) is 4.98 Å². The highest BCUT2D eigenvalue weighted by atomic mass is 16.3. The first-order chi connectivity index (χ1) is 7.34. The molecule has 1 aliphatic heterocycles. The van der Waals surface area contributed by atoms with Gasteiger partial charge in [0.1, 0.15) is 0 Å². The number of aromatic amines is 1.